The molecule has 0 bridgehead atoms. The maximum Gasteiger partial charge on any atom is 0.407 e. The minimum absolute atomic E-state index is 0.0831. The summed E-state index contributed by atoms with van der Waals surface area (Å²) < 4.78 is 5.92. The molecular formula is C16H24N2O3. The smallest absolute Gasteiger partial charge is 0.407 e. The fraction of sp³-hybridized carbons (Fsp3) is 0.625. The zero-order chi connectivity index (χ0) is 15.5. The van der Waals surface area contributed by atoms with Crippen molar-refractivity contribution in [3.8, 4) is 5.75 Å². The number of hydrogen-bond donors (Lipinski definition) is 1. The molecule has 1 fully saturated rings. The van der Waals surface area contributed by atoms with Crippen molar-refractivity contribution in [3.05, 3.63) is 24.5 Å². The molecule has 5 nitrogen and oxygen atoms in total. The first-order valence-corrected chi connectivity index (χ1v) is 7.47. The van der Waals surface area contributed by atoms with Gasteiger partial charge < -0.3 is 14.7 Å². The Morgan fingerprint density at radius 3 is 2.29 bits per heavy atom. The van der Waals surface area contributed by atoms with E-state index in [4.69, 9.17) is 4.74 Å². The number of nitrogens with zero attached hydrogens (tertiary/aromatic N) is 2. The molecule has 0 spiro atoms. The Balaban J connectivity index is 1.92. The number of pyridine rings is 1. The molecular weight excluding hydrogens is 268 g/mol. The highest BCUT2D eigenvalue weighted by atomic mass is 16.5. The van der Waals surface area contributed by atoms with Crippen molar-refractivity contribution in [2.24, 2.45) is 0 Å². The van der Waals surface area contributed by atoms with E-state index in [1.807, 2.05) is 32.9 Å². The van der Waals surface area contributed by atoms with Gasteiger partial charge in [0, 0.05) is 24.0 Å². The standard InChI is InChI=1S/C16H24N2O3/c1-16(2,3)18(15(19)20)12-4-6-13(7-5-12)21-14-8-10-17-11-9-14/h8-13H,4-7H2,1-3H3,(H,19,20). The summed E-state index contributed by atoms with van der Waals surface area (Å²) in [7, 11) is 0. The van der Waals surface area contributed by atoms with Gasteiger partial charge in [-0.3, -0.25) is 4.98 Å². The lowest BCUT2D eigenvalue weighted by atomic mass is 9.89. The number of carbonyl (C=O) groups is 1. The highest BCUT2D eigenvalue weighted by molar-refractivity contribution is 5.66. The van der Waals surface area contributed by atoms with Crippen molar-refractivity contribution < 1.29 is 14.6 Å². The summed E-state index contributed by atoms with van der Waals surface area (Å²) in [6.45, 7) is 5.84. The number of rotatable bonds is 3. The molecule has 1 aliphatic carbocycles. The lowest BCUT2D eigenvalue weighted by Gasteiger charge is -2.42. The van der Waals surface area contributed by atoms with Gasteiger partial charge in [0.15, 0.2) is 0 Å². The van der Waals surface area contributed by atoms with Crippen LogP contribution in [-0.4, -0.2) is 38.8 Å². The molecule has 0 saturated heterocycles. The van der Waals surface area contributed by atoms with Gasteiger partial charge >= 0.3 is 6.09 Å². The molecule has 1 saturated carbocycles. The van der Waals surface area contributed by atoms with E-state index in [-0.39, 0.29) is 17.7 Å². The van der Waals surface area contributed by atoms with E-state index in [9.17, 15) is 9.90 Å². The molecule has 5 heteroatoms. The monoisotopic (exact) mass is 292 g/mol. The Hall–Kier alpha value is -1.78. The Kier molecular flexibility index (Phi) is 4.70. The van der Waals surface area contributed by atoms with Crippen molar-refractivity contribution in [3.63, 3.8) is 0 Å². The highest BCUT2D eigenvalue weighted by Gasteiger charge is 2.35. The van der Waals surface area contributed by atoms with Crippen LogP contribution in [0.25, 0.3) is 0 Å². The number of carboxylic acid groups (broad SMARTS) is 1. The van der Waals surface area contributed by atoms with Gasteiger partial charge in [-0.25, -0.2) is 4.79 Å². The molecule has 2 rings (SSSR count). The van der Waals surface area contributed by atoms with E-state index in [0.29, 0.717) is 0 Å². The first-order chi connectivity index (χ1) is 9.88. The molecule has 1 aromatic rings. The summed E-state index contributed by atoms with van der Waals surface area (Å²) in [6, 6.07) is 3.79. The SMILES string of the molecule is CC(C)(C)N(C(=O)O)C1CCC(Oc2ccncc2)CC1. The molecule has 0 radical (unpaired) electrons. The van der Waals surface area contributed by atoms with Gasteiger partial charge in [-0.15, -0.1) is 0 Å². The average Bonchev–Trinajstić information content (AvgIpc) is 2.40. The fourth-order valence-corrected chi connectivity index (χ4v) is 3.02. The summed E-state index contributed by atoms with van der Waals surface area (Å²) in [5, 5.41) is 9.45. The van der Waals surface area contributed by atoms with E-state index in [2.05, 4.69) is 4.98 Å². The second-order valence-electron chi connectivity index (χ2n) is 6.55. The zero-order valence-electron chi connectivity index (χ0n) is 13.0. The van der Waals surface area contributed by atoms with Crippen LogP contribution in [0.15, 0.2) is 24.5 Å². The van der Waals surface area contributed by atoms with Gasteiger partial charge in [0.1, 0.15) is 5.75 Å². The Bertz CT molecular complexity index is 462. The van der Waals surface area contributed by atoms with Gasteiger partial charge in [0.05, 0.1) is 6.10 Å². The fourth-order valence-electron chi connectivity index (χ4n) is 3.02. The van der Waals surface area contributed by atoms with Gasteiger partial charge in [0.2, 0.25) is 0 Å². The van der Waals surface area contributed by atoms with Crippen molar-refractivity contribution in [1.29, 1.82) is 0 Å². The van der Waals surface area contributed by atoms with Crippen molar-refractivity contribution in [2.45, 2.75) is 64.1 Å². The van der Waals surface area contributed by atoms with Crippen LogP contribution >= 0.6 is 0 Å². The summed E-state index contributed by atoms with van der Waals surface area (Å²) >= 11 is 0. The molecule has 1 heterocycles. The largest absolute Gasteiger partial charge is 0.490 e. The van der Waals surface area contributed by atoms with Crippen LogP contribution in [0, 0.1) is 0 Å². The van der Waals surface area contributed by atoms with E-state index in [0.717, 1.165) is 31.4 Å². The Morgan fingerprint density at radius 1 is 1.24 bits per heavy atom. The summed E-state index contributed by atoms with van der Waals surface area (Å²) in [4.78, 5) is 17.1. The summed E-state index contributed by atoms with van der Waals surface area (Å²) in [5.74, 6) is 0.833. The van der Waals surface area contributed by atoms with Crippen molar-refractivity contribution >= 4 is 6.09 Å². The third-order valence-corrected chi connectivity index (χ3v) is 3.89. The first kappa shape index (κ1) is 15.6. The summed E-state index contributed by atoms with van der Waals surface area (Å²) in [6.07, 6.45) is 6.22. The second kappa shape index (κ2) is 6.33. The lowest BCUT2D eigenvalue weighted by molar-refractivity contribution is 0.0367. The Labute approximate surface area is 125 Å². The lowest BCUT2D eigenvalue weighted by Crippen LogP contribution is -2.52. The third-order valence-electron chi connectivity index (χ3n) is 3.89. The van der Waals surface area contributed by atoms with Gasteiger partial charge in [-0.1, -0.05) is 0 Å². The number of amides is 1. The van der Waals surface area contributed by atoms with Gasteiger partial charge in [0.25, 0.3) is 0 Å². The van der Waals surface area contributed by atoms with E-state index < -0.39 is 6.09 Å². The average molecular weight is 292 g/mol. The minimum atomic E-state index is -0.832. The third kappa shape index (κ3) is 4.09. The topological polar surface area (TPSA) is 62.7 Å². The van der Waals surface area contributed by atoms with Crippen LogP contribution in [0.4, 0.5) is 4.79 Å². The molecule has 1 aliphatic rings. The molecule has 1 aromatic heterocycles. The molecule has 21 heavy (non-hydrogen) atoms. The summed E-state index contributed by atoms with van der Waals surface area (Å²) in [5.41, 5.74) is -0.366. The molecule has 0 aliphatic heterocycles. The molecule has 0 unspecified atom stereocenters. The Morgan fingerprint density at radius 2 is 1.81 bits per heavy atom. The number of aromatic nitrogens is 1. The van der Waals surface area contributed by atoms with Crippen molar-refractivity contribution in [1.82, 2.24) is 9.88 Å². The van der Waals surface area contributed by atoms with Crippen LogP contribution in [0.1, 0.15) is 46.5 Å². The van der Waals surface area contributed by atoms with Gasteiger partial charge in [-0.05, 0) is 58.6 Å². The van der Waals surface area contributed by atoms with E-state index in [1.54, 1.807) is 17.3 Å². The number of hydrogen-bond acceptors (Lipinski definition) is 3. The minimum Gasteiger partial charge on any atom is -0.490 e. The normalized spacial score (nSPS) is 22.6. The molecule has 1 N–H and O–H groups in total. The first-order valence-electron chi connectivity index (χ1n) is 7.47. The van der Waals surface area contributed by atoms with Crippen LogP contribution in [0.2, 0.25) is 0 Å². The van der Waals surface area contributed by atoms with E-state index >= 15 is 0 Å². The molecule has 0 atom stereocenters. The molecule has 116 valence electrons. The molecule has 1 amide bonds. The van der Waals surface area contributed by atoms with Crippen LogP contribution < -0.4 is 4.74 Å². The predicted octanol–water partition coefficient (Wildman–Crippen LogP) is 3.55. The number of ether oxygens (including phenoxy) is 1. The van der Waals surface area contributed by atoms with Crippen molar-refractivity contribution in [2.75, 3.05) is 0 Å². The van der Waals surface area contributed by atoms with Crippen LogP contribution in [0.3, 0.4) is 0 Å². The van der Waals surface area contributed by atoms with Crippen LogP contribution in [0.5, 0.6) is 5.75 Å². The van der Waals surface area contributed by atoms with E-state index in [1.165, 1.54) is 0 Å². The highest BCUT2D eigenvalue weighted by Crippen LogP contribution is 2.30. The van der Waals surface area contributed by atoms with Gasteiger partial charge in [-0.2, -0.15) is 0 Å². The second-order valence-corrected chi connectivity index (χ2v) is 6.55. The zero-order valence-corrected chi connectivity index (χ0v) is 13.0. The molecule has 0 aromatic carbocycles. The maximum atomic E-state index is 11.5. The quantitative estimate of drug-likeness (QED) is 0.925. The van der Waals surface area contributed by atoms with Crippen LogP contribution in [-0.2, 0) is 0 Å². The predicted molar refractivity (Wildman–Crippen MR) is 80.5 cm³/mol. The maximum absolute atomic E-state index is 11.5.